The van der Waals surface area contributed by atoms with Crippen molar-refractivity contribution in [3.05, 3.63) is 71.1 Å². The normalized spacial score (nSPS) is 10.8. The maximum Gasteiger partial charge on any atom is 0.220 e. The highest BCUT2D eigenvalue weighted by Gasteiger charge is 2.04. The molecule has 4 nitrogen and oxygen atoms in total. The minimum atomic E-state index is 0.0590. The number of aromatic nitrogens is 2. The molecule has 3 rings (SSSR count). The Hall–Kier alpha value is -2.33. The number of nitrogens with zero attached hydrogens (tertiary/aromatic N) is 2. The van der Waals surface area contributed by atoms with E-state index in [9.17, 15) is 4.79 Å². The van der Waals surface area contributed by atoms with Gasteiger partial charge in [-0.15, -0.1) is 0 Å². The van der Waals surface area contributed by atoms with Crippen molar-refractivity contribution in [3.63, 3.8) is 0 Å². The quantitative estimate of drug-likeness (QED) is 0.755. The Bertz CT molecular complexity index is 762. The van der Waals surface area contributed by atoms with Crippen LogP contribution >= 0.6 is 11.6 Å². The monoisotopic (exact) mass is 327 g/mol. The lowest BCUT2D eigenvalue weighted by Crippen LogP contribution is -2.25. The van der Waals surface area contributed by atoms with Gasteiger partial charge < -0.3 is 9.72 Å². The van der Waals surface area contributed by atoms with E-state index in [0.717, 1.165) is 29.7 Å². The number of carbonyl (C=O) groups excluding carboxylic acids is 1. The molecule has 0 fully saturated rings. The van der Waals surface area contributed by atoms with Crippen molar-refractivity contribution in [2.24, 2.45) is 0 Å². The molecular formula is C18H18ClN3O. The first-order valence-electron chi connectivity index (χ1n) is 7.64. The van der Waals surface area contributed by atoms with E-state index in [0.29, 0.717) is 18.0 Å². The van der Waals surface area contributed by atoms with Crippen LogP contribution in [0.1, 0.15) is 17.7 Å². The summed E-state index contributed by atoms with van der Waals surface area (Å²) in [6.07, 6.45) is 5.89. The molecule has 0 spiro atoms. The zero-order valence-electron chi connectivity index (χ0n) is 12.7. The molecule has 118 valence electrons. The van der Waals surface area contributed by atoms with Crippen molar-refractivity contribution in [1.82, 2.24) is 14.7 Å². The van der Waals surface area contributed by atoms with Gasteiger partial charge in [0.15, 0.2) is 0 Å². The number of benzene rings is 1. The molecule has 1 amide bonds. The van der Waals surface area contributed by atoms with Crippen LogP contribution in [0.5, 0.6) is 0 Å². The Labute approximate surface area is 140 Å². The van der Waals surface area contributed by atoms with Gasteiger partial charge in [0, 0.05) is 36.8 Å². The lowest BCUT2D eigenvalue weighted by molar-refractivity contribution is -0.121. The van der Waals surface area contributed by atoms with Gasteiger partial charge in [-0.25, -0.2) is 4.98 Å². The van der Waals surface area contributed by atoms with E-state index >= 15 is 0 Å². The van der Waals surface area contributed by atoms with Gasteiger partial charge in [0.05, 0.1) is 5.69 Å². The highest BCUT2D eigenvalue weighted by atomic mass is 35.5. The van der Waals surface area contributed by atoms with Crippen molar-refractivity contribution < 1.29 is 4.79 Å². The standard InChI is InChI=1S/C18H18ClN3O/c19-15-7-4-14(5-8-15)6-9-18(23)20-11-10-16-13-22-12-2-1-3-17(22)21-16/h1-5,7-8,12-13H,6,9-11H2,(H,20,23). The number of hydrogen-bond donors (Lipinski definition) is 1. The molecule has 23 heavy (non-hydrogen) atoms. The van der Waals surface area contributed by atoms with Gasteiger partial charge in [0.1, 0.15) is 5.65 Å². The molecule has 0 aliphatic carbocycles. The summed E-state index contributed by atoms with van der Waals surface area (Å²) in [5.74, 6) is 0.0590. The number of fused-ring (bicyclic) bond motifs is 1. The van der Waals surface area contributed by atoms with Gasteiger partial charge in [0.2, 0.25) is 5.91 Å². The summed E-state index contributed by atoms with van der Waals surface area (Å²) in [4.78, 5) is 16.4. The average molecular weight is 328 g/mol. The summed E-state index contributed by atoms with van der Waals surface area (Å²) < 4.78 is 1.98. The molecule has 0 bridgehead atoms. The molecule has 0 saturated carbocycles. The fraction of sp³-hybridized carbons (Fsp3) is 0.222. The molecule has 1 N–H and O–H groups in total. The summed E-state index contributed by atoms with van der Waals surface area (Å²) in [6, 6.07) is 13.5. The Balaban J connectivity index is 1.43. The Kier molecular flexibility index (Phi) is 4.93. The molecule has 0 aliphatic heterocycles. The maximum atomic E-state index is 11.9. The number of amides is 1. The zero-order chi connectivity index (χ0) is 16.1. The minimum Gasteiger partial charge on any atom is -0.356 e. The summed E-state index contributed by atoms with van der Waals surface area (Å²) in [5.41, 5.74) is 3.02. The van der Waals surface area contributed by atoms with Crippen molar-refractivity contribution in [3.8, 4) is 0 Å². The van der Waals surface area contributed by atoms with E-state index in [1.807, 2.05) is 59.3 Å². The molecule has 0 radical (unpaired) electrons. The molecule has 3 aromatic rings. The number of halogens is 1. The third-order valence-electron chi connectivity index (χ3n) is 3.67. The lowest BCUT2D eigenvalue weighted by atomic mass is 10.1. The Morgan fingerprint density at radius 1 is 1.13 bits per heavy atom. The van der Waals surface area contributed by atoms with Crippen LogP contribution in [0, 0.1) is 0 Å². The largest absolute Gasteiger partial charge is 0.356 e. The summed E-state index contributed by atoms with van der Waals surface area (Å²) >= 11 is 5.84. The Morgan fingerprint density at radius 3 is 2.74 bits per heavy atom. The first-order chi connectivity index (χ1) is 11.2. The van der Waals surface area contributed by atoms with Crippen molar-refractivity contribution >= 4 is 23.2 Å². The lowest BCUT2D eigenvalue weighted by Gasteiger charge is -2.04. The van der Waals surface area contributed by atoms with E-state index in [1.54, 1.807) is 0 Å². The second-order valence-corrected chi connectivity index (χ2v) is 5.86. The number of pyridine rings is 1. The number of nitrogens with one attached hydrogen (secondary N) is 1. The van der Waals surface area contributed by atoms with Crippen LogP contribution in [0.2, 0.25) is 5.02 Å². The predicted molar refractivity (Wildman–Crippen MR) is 91.7 cm³/mol. The van der Waals surface area contributed by atoms with Crippen LogP contribution in [0.15, 0.2) is 54.9 Å². The van der Waals surface area contributed by atoms with E-state index in [-0.39, 0.29) is 5.91 Å². The van der Waals surface area contributed by atoms with Crippen LogP contribution in [-0.4, -0.2) is 21.8 Å². The second-order valence-electron chi connectivity index (χ2n) is 5.42. The van der Waals surface area contributed by atoms with E-state index in [1.165, 1.54) is 0 Å². The fourth-order valence-electron chi connectivity index (χ4n) is 2.43. The summed E-state index contributed by atoms with van der Waals surface area (Å²) in [7, 11) is 0. The molecule has 0 atom stereocenters. The number of hydrogen-bond acceptors (Lipinski definition) is 2. The smallest absolute Gasteiger partial charge is 0.220 e. The van der Waals surface area contributed by atoms with Gasteiger partial charge in [-0.05, 0) is 36.2 Å². The van der Waals surface area contributed by atoms with Crippen molar-refractivity contribution in [2.45, 2.75) is 19.3 Å². The highest BCUT2D eigenvalue weighted by molar-refractivity contribution is 6.30. The van der Waals surface area contributed by atoms with Crippen LogP contribution in [0.3, 0.4) is 0 Å². The number of carbonyl (C=O) groups is 1. The second kappa shape index (κ2) is 7.29. The summed E-state index contributed by atoms with van der Waals surface area (Å²) in [5, 5.41) is 3.66. The van der Waals surface area contributed by atoms with Crippen LogP contribution < -0.4 is 5.32 Å². The number of rotatable bonds is 6. The van der Waals surface area contributed by atoms with Crippen LogP contribution in [0.4, 0.5) is 0 Å². The molecule has 2 heterocycles. The SMILES string of the molecule is O=C(CCc1ccc(Cl)cc1)NCCc1cn2ccccc2n1. The van der Waals surface area contributed by atoms with Gasteiger partial charge in [-0.3, -0.25) is 4.79 Å². The van der Waals surface area contributed by atoms with E-state index in [4.69, 9.17) is 11.6 Å². The Morgan fingerprint density at radius 2 is 1.96 bits per heavy atom. The number of aryl methyl sites for hydroxylation is 1. The molecule has 0 aliphatic rings. The van der Waals surface area contributed by atoms with Gasteiger partial charge in [0.25, 0.3) is 0 Å². The zero-order valence-corrected chi connectivity index (χ0v) is 13.5. The molecule has 2 aromatic heterocycles. The molecule has 0 unspecified atom stereocenters. The average Bonchev–Trinajstić information content (AvgIpc) is 2.97. The first-order valence-corrected chi connectivity index (χ1v) is 8.02. The van der Waals surface area contributed by atoms with Crippen molar-refractivity contribution in [2.75, 3.05) is 6.54 Å². The van der Waals surface area contributed by atoms with Crippen molar-refractivity contribution in [1.29, 1.82) is 0 Å². The van der Waals surface area contributed by atoms with Crippen LogP contribution in [-0.2, 0) is 17.6 Å². The third-order valence-corrected chi connectivity index (χ3v) is 3.92. The highest BCUT2D eigenvalue weighted by Crippen LogP contribution is 2.11. The minimum absolute atomic E-state index is 0.0590. The van der Waals surface area contributed by atoms with Gasteiger partial charge in [-0.1, -0.05) is 29.8 Å². The van der Waals surface area contributed by atoms with Gasteiger partial charge in [-0.2, -0.15) is 0 Å². The van der Waals surface area contributed by atoms with Crippen LogP contribution in [0.25, 0.3) is 5.65 Å². The molecule has 0 saturated heterocycles. The van der Waals surface area contributed by atoms with E-state index < -0.39 is 0 Å². The third kappa shape index (κ3) is 4.33. The first kappa shape index (κ1) is 15.6. The molecular weight excluding hydrogens is 310 g/mol. The van der Waals surface area contributed by atoms with E-state index in [2.05, 4.69) is 10.3 Å². The van der Waals surface area contributed by atoms with Gasteiger partial charge >= 0.3 is 0 Å². The molecule has 1 aromatic carbocycles. The summed E-state index contributed by atoms with van der Waals surface area (Å²) in [6.45, 7) is 0.601. The predicted octanol–water partition coefficient (Wildman–Crippen LogP) is 3.28. The number of imidazole rings is 1. The maximum absolute atomic E-state index is 11.9. The fourth-order valence-corrected chi connectivity index (χ4v) is 2.56. The molecule has 5 heteroatoms. The topological polar surface area (TPSA) is 46.4 Å².